The number of hydrogen-bond acceptors (Lipinski definition) is 15. The highest BCUT2D eigenvalue weighted by atomic mass is 31.2. The number of hydrogen-bond donors (Lipinski definition) is 3. The summed E-state index contributed by atoms with van der Waals surface area (Å²) in [6.07, 6.45) is 63.8. The minimum Gasteiger partial charge on any atom is -0.462 e. The fraction of sp³-hybridized carbons (Fsp3) is 0.844. The van der Waals surface area contributed by atoms with E-state index in [1.54, 1.807) is 0 Å². The van der Waals surface area contributed by atoms with Crippen LogP contribution in [0.1, 0.15) is 356 Å². The Morgan fingerprint density at radius 3 is 0.885 bits per heavy atom. The van der Waals surface area contributed by atoms with E-state index >= 15 is 0 Å². The summed E-state index contributed by atoms with van der Waals surface area (Å²) in [5.41, 5.74) is 0. The lowest BCUT2D eigenvalue weighted by Gasteiger charge is -2.21. The van der Waals surface area contributed by atoms with Crippen LogP contribution in [0, 0.1) is 5.92 Å². The Bertz CT molecular complexity index is 2030. The maximum atomic E-state index is 13.1. The minimum absolute atomic E-state index is 0.0783. The van der Waals surface area contributed by atoms with Gasteiger partial charge in [0.2, 0.25) is 0 Å². The number of rotatable bonds is 73. The van der Waals surface area contributed by atoms with Crippen molar-refractivity contribution in [1.82, 2.24) is 0 Å². The topological polar surface area (TPSA) is 237 Å². The molecule has 0 fully saturated rings. The van der Waals surface area contributed by atoms with Gasteiger partial charge in [0.05, 0.1) is 26.4 Å². The minimum atomic E-state index is -4.97. The lowest BCUT2D eigenvalue weighted by molar-refractivity contribution is -0.161. The highest BCUT2D eigenvalue weighted by Gasteiger charge is 2.30. The summed E-state index contributed by atoms with van der Waals surface area (Å²) in [4.78, 5) is 72.8. The average Bonchev–Trinajstić information content (AvgIpc) is 1.17. The number of aliphatic hydroxyl groups is 1. The maximum Gasteiger partial charge on any atom is 0.472 e. The second-order valence-corrected chi connectivity index (χ2v) is 29.5. The highest BCUT2D eigenvalue weighted by molar-refractivity contribution is 7.47. The van der Waals surface area contributed by atoms with Crippen LogP contribution in [0.15, 0.2) is 48.6 Å². The molecule has 0 aromatic heterocycles. The molecular formula is C77H142O17P2. The monoisotopic (exact) mass is 1400 g/mol. The standard InChI is InChI=1S/C77H142O17P2/c1-6-10-13-16-19-22-25-28-31-34-36-39-45-50-55-60-74(79)87-66-72(93-77(82)63-58-53-48-41-38-35-32-29-26-23-20-17-14-11-7-2)68-91-95(83,84)89-64-71(78)65-90-96(85,86)92-69-73(67-88-75(80)61-56-51-46-43-42-44-49-54-59-70(5)9-4)94-76(81)62-57-52-47-40-37-33-30-27-24-21-18-15-12-8-3/h22-23,25-26,28-29,31-32,70-73,78H,6-21,24,27,30,33-69H2,1-5H3,(H,83,84)(H,85,86)/b25-22-,26-23-,31-28-,32-29-/t70?,71-,72-,73-/m1/s1. The fourth-order valence-corrected chi connectivity index (χ4v) is 12.3. The van der Waals surface area contributed by atoms with Crippen molar-refractivity contribution in [2.24, 2.45) is 5.92 Å². The molecule has 0 heterocycles. The number of phosphoric acid groups is 2. The van der Waals surface area contributed by atoms with E-state index in [0.717, 1.165) is 128 Å². The Balaban J connectivity index is 5.34. The molecule has 0 aromatic rings. The third-order valence-corrected chi connectivity index (χ3v) is 19.0. The molecule has 562 valence electrons. The first kappa shape index (κ1) is 93.0. The van der Waals surface area contributed by atoms with Crippen molar-refractivity contribution in [1.29, 1.82) is 0 Å². The Labute approximate surface area is 585 Å². The summed E-state index contributed by atoms with van der Waals surface area (Å²) in [5, 5.41) is 10.6. The number of carbonyl (C=O) groups is 4. The second-order valence-electron chi connectivity index (χ2n) is 26.6. The van der Waals surface area contributed by atoms with Crippen molar-refractivity contribution in [2.45, 2.75) is 374 Å². The summed E-state index contributed by atoms with van der Waals surface area (Å²) in [5.74, 6) is -1.40. The zero-order valence-corrected chi connectivity index (χ0v) is 63.3. The third-order valence-electron chi connectivity index (χ3n) is 17.1. The Kier molecular flexibility index (Phi) is 67.0. The van der Waals surface area contributed by atoms with Crippen molar-refractivity contribution in [2.75, 3.05) is 39.6 Å². The van der Waals surface area contributed by atoms with Gasteiger partial charge in [-0.2, -0.15) is 0 Å². The first-order valence-corrected chi connectivity index (χ1v) is 41.8. The molecule has 0 spiro atoms. The summed E-state index contributed by atoms with van der Waals surface area (Å²) in [7, 11) is -9.94. The van der Waals surface area contributed by atoms with Gasteiger partial charge in [0.25, 0.3) is 0 Å². The van der Waals surface area contributed by atoms with Gasteiger partial charge in [0.1, 0.15) is 19.3 Å². The molecule has 0 aliphatic heterocycles. The van der Waals surface area contributed by atoms with E-state index in [1.807, 2.05) is 0 Å². The van der Waals surface area contributed by atoms with Crippen molar-refractivity contribution < 1.29 is 80.2 Å². The van der Waals surface area contributed by atoms with E-state index in [4.69, 9.17) is 37.0 Å². The van der Waals surface area contributed by atoms with Gasteiger partial charge in [0.15, 0.2) is 12.2 Å². The van der Waals surface area contributed by atoms with Gasteiger partial charge in [-0.05, 0) is 83.0 Å². The van der Waals surface area contributed by atoms with Crippen molar-refractivity contribution >= 4 is 39.5 Å². The number of unbranched alkanes of at least 4 members (excludes halogenated alkanes) is 38. The molecule has 6 atom stereocenters. The van der Waals surface area contributed by atoms with Crippen LogP contribution in [-0.2, 0) is 65.4 Å². The Hall–Kier alpha value is -2.98. The lowest BCUT2D eigenvalue weighted by Crippen LogP contribution is -2.30. The van der Waals surface area contributed by atoms with E-state index in [9.17, 15) is 43.2 Å². The molecule has 0 aromatic carbocycles. The molecule has 17 nitrogen and oxygen atoms in total. The predicted molar refractivity (Wildman–Crippen MR) is 390 cm³/mol. The largest absolute Gasteiger partial charge is 0.472 e. The molecule has 3 unspecified atom stereocenters. The maximum absolute atomic E-state index is 13.1. The molecule has 0 aliphatic rings. The van der Waals surface area contributed by atoms with Crippen LogP contribution in [0.5, 0.6) is 0 Å². The molecule has 3 N–H and O–H groups in total. The molecule has 0 aliphatic carbocycles. The van der Waals surface area contributed by atoms with E-state index < -0.39 is 97.5 Å². The van der Waals surface area contributed by atoms with Gasteiger partial charge >= 0.3 is 39.5 Å². The molecule has 0 saturated carbocycles. The molecule has 96 heavy (non-hydrogen) atoms. The summed E-state index contributed by atoms with van der Waals surface area (Å²) < 4.78 is 68.5. The van der Waals surface area contributed by atoms with Crippen LogP contribution in [0.2, 0.25) is 0 Å². The van der Waals surface area contributed by atoms with Crippen LogP contribution in [-0.4, -0.2) is 96.7 Å². The highest BCUT2D eigenvalue weighted by Crippen LogP contribution is 2.45. The molecular weight excluding hydrogens is 1260 g/mol. The van der Waals surface area contributed by atoms with E-state index in [0.29, 0.717) is 25.7 Å². The number of phosphoric ester groups is 2. The molecule has 0 amide bonds. The lowest BCUT2D eigenvalue weighted by atomic mass is 9.99. The molecule has 0 bridgehead atoms. The van der Waals surface area contributed by atoms with Gasteiger partial charge in [0, 0.05) is 25.7 Å². The SMILES string of the molecule is CCCCCC/C=C\C=C/CCCCCCCC(=O)OC[C@H](COP(=O)(O)OC[C@@H](O)COP(=O)(O)OC[C@@H](COC(=O)CCCCCCCCCCC(C)CC)OC(=O)CCCCCCCCCCCCCCCC)OC(=O)CCCCCCC/C=C\C=C/CCCCCC. The van der Waals surface area contributed by atoms with Crippen LogP contribution in [0.25, 0.3) is 0 Å². The first-order chi connectivity index (χ1) is 46.6. The van der Waals surface area contributed by atoms with Gasteiger partial charge < -0.3 is 33.8 Å². The third kappa shape index (κ3) is 68.2. The van der Waals surface area contributed by atoms with Gasteiger partial charge in [-0.15, -0.1) is 0 Å². The van der Waals surface area contributed by atoms with Crippen LogP contribution >= 0.6 is 15.6 Å². The first-order valence-electron chi connectivity index (χ1n) is 38.8. The van der Waals surface area contributed by atoms with Crippen LogP contribution in [0.3, 0.4) is 0 Å². The predicted octanol–water partition coefficient (Wildman–Crippen LogP) is 22.0. The summed E-state index contributed by atoms with van der Waals surface area (Å²) in [6.45, 7) is 7.17. The number of aliphatic hydroxyl groups excluding tert-OH is 1. The quantitative estimate of drug-likeness (QED) is 0.0169. The van der Waals surface area contributed by atoms with Crippen molar-refractivity contribution in [3.63, 3.8) is 0 Å². The number of esters is 4. The smallest absolute Gasteiger partial charge is 0.462 e. The molecule has 0 saturated heterocycles. The molecule has 0 radical (unpaired) electrons. The number of carbonyl (C=O) groups excluding carboxylic acids is 4. The number of ether oxygens (including phenoxy) is 4. The summed E-state index contributed by atoms with van der Waals surface area (Å²) in [6, 6.07) is 0. The normalized spacial score (nSPS) is 14.5. The Morgan fingerprint density at radius 1 is 0.333 bits per heavy atom. The molecule has 0 rings (SSSR count). The zero-order chi connectivity index (χ0) is 70.5. The average molecular weight is 1400 g/mol. The van der Waals surface area contributed by atoms with Gasteiger partial charge in [-0.3, -0.25) is 37.3 Å². The van der Waals surface area contributed by atoms with E-state index in [-0.39, 0.29) is 25.7 Å². The van der Waals surface area contributed by atoms with E-state index in [2.05, 4.69) is 83.2 Å². The zero-order valence-electron chi connectivity index (χ0n) is 61.5. The van der Waals surface area contributed by atoms with Crippen LogP contribution < -0.4 is 0 Å². The van der Waals surface area contributed by atoms with Crippen molar-refractivity contribution in [3.05, 3.63) is 48.6 Å². The van der Waals surface area contributed by atoms with Gasteiger partial charge in [-0.1, -0.05) is 302 Å². The van der Waals surface area contributed by atoms with Gasteiger partial charge in [-0.25, -0.2) is 9.13 Å². The Morgan fingerprint density at radius 2 is 0.583 bits per heavy atom. The number of allylic oxidation sites excluding steroid dienone is 8. The van der Waals surface area contributed by atoms with E-state index in [1.165, 1.54) is 148 Å². The van der Waals surface area contributed by atoms with Crippen molar-refractivity contribution in [3.8, 4) is 0 Å². The molecule has 19 heteroatoms. The summed E-state index contributed by atoms with van der Waals surface area (Å²) >= 11 is 0. The fourth-order valence-electron chi connectivity index (χ4n) is 10.8. The van der Waals surface area contributed by atoms with Crippen LogP contribution in [0.4, 0.5) is 0 Å². The second kappa shape index (κ2) is 69.1.